The molecular formula is C17H28. The molecule has 0 spiro atoms. The SMILES string of the molecule is CCCCCCCCc1ccc(CC)c(C)c1. The fraction of sp³-hybridized carbons (Fsp3) is 0.647. The second kappa shape index (κ2) is 8.33. The molecule has 0 nitrogen and oxygen atoms in total. The molecule has 0 heteroatoms. The standard InChI is InChI=1S/C17H28/c1-4-6-7-8-9-10-11-16-12-13-17(5-2)15(3)14-16/h12-14H,4-11H2,1-3H3. The molecule has 0 saturated heterocycles. The quantitative estimate of drug-likeness (QED) is 0.522. The molecule has 0 fully saturated rings. The van der Waals surface area contributed by atoms with Gasteiger partial charge in [-0.15, -0.1) is 0 Å². The number of benzene rings is 1. The molecule has 17 heavy (non-hydrogen) atoms. The summed E-state index contributed by atoms with van der Waals surface area (Å²) in [4.78, 5) is 0. The van der Waals surface area contributed by atoms with Gasteiger partial charge in [0.05, 0.1) is 0 Å². The molecule has 1 rings (SSSR count). The first-order valence-corrected chi connectivity index (χ1v) is 7.36. The lowest BCUT2D eigenvalue weighted by Crippen LogP contribution is -1.91. The van der Waals surface area contributed by atoms with Crippen molar-refractivity contribution >= 4 is 0 Å². The van der Waals surface area contributed by atoms with Crippen molar-refractivity contribution in [3.63, 3.8) is 0 Å². The summed E-state index contributed by atoms with van der Waals surface area (Å²) in [6.07, 6.45) is 10.8. The number of hydrogen-bond donors (Lipinski definition) is 0. The van der Waals surface area contributed by atoms with Gasteiger partial charge in [-0.1, -0.05) is 64.2 Å². The van der Waals surface area contributed by atoms with Crippen LogP contribution in [0.1, 0.15) is 69.1 Å². The van der Waals surface area contributed by atoms with Crippen molar-refractivity contribution < 1.29 is 0 Å². The van der Waals surface area contributed by atoms with Crippen LogP contribution in [-0.4, -0.2) is 0 Å². The highest BCUT2D eigenvalue weighted by Gasteiger charge is 1.98. The second-order valence-electron chi connectivity index (χ2n) is 5.13. The van der Waals surface area contributed by atoms with Crippen LogP contribution >= 0.6 is 0 Å². The number of aryl methyl sites for hydroxylation is 3. The Bertz CT molecular complexity index is 312. The zero-order valence-electron chi connectivity index (χ0n) is 11.9. The molecule has 0 aliphatic carbocycles. The molecule has 96 valence electrons. The van der Waals surface area contributed by atoms with Crippen molar-refractivity contribution in [1.29, 1.82) is 0 Å². The van der Waals surface area contributed by atoms with Crippen molar-refractivity contribution in [2.45, 2.75) is 72.1 Å². The second-order valence-corrected chi connectivity index (χ2v) is 5.13. The fourth-order valence-corrected chi connectivity index (χ4v) is 2.42. The summed E-state index contributed by atoms with van der Waals surface area (Å²) in [5.74, 6) is 0. The molecule has 0 amide bonds. The summed E-state index contributed by atoms with van der Waals surface area (Å²) in [6.45, 7) is 6.75. The Morgan fingerprint density at radius 1 is 0.882 bits per heavy atom. The third-order valence-electron chi connectivity index (χ3n) is 3.61. The third kappa shape index (κ3) is 5.39. The van der Waals surface area contributed by atoms with Crippen LogP contribution in [0.3, 0.4) is 0 Å². The highest BCUT2D eigenvalue weighted by Crippen LogP contribution is 2.15. The van der Waals surface area contributed by atoms with Crippen LogP contribution in [-0.2, 0) is 12.8 Å². The van der Waals surface area contributed by atoms with Gasteiger partial charge < -0.3 is 0 Å². The van der Waals surface area contributed by atoms with Crippen LogP contribution < -0.4 is 0 Å². The Morgan fingerprint density at radius 3 is 2.24 bits per heavy atom. The lowest BCUT2D eigenvalue weighted by molar-refractivity contribution is 0.607. The molecule has 0 atom stereocenters. The van der Waals surface area contributed by atoms with Gasteiger partial charge in [0.15, 0.2) is 0 Å². The van der Waals surface area contributed by atoms with E-state index < -0.39 is 0 Å². The molecule has 0 unspecified atom stereocenters. The van der Waals surface area contributed by atoms with Gasteiger partial charge in [0, 0.05) is 0 Å². The van der Waals surface area contributed by atoms with E-state index in [2.05, 4.69) is 39.0 Å². The monoisotopic (exact) mass is 232 g/mol. The van der Waals surface area contributed by atoms with Crippen LogP contribution in [0.4, 0.5) is 0 Å². The van der Waals surface area contributed by atoms with Gasteiger partial charge in [-0.2, -0.15) is 0 Å². The maximum atomic E-state index is 2.38. The van der Waals surface area contributed by atoms with E-state index in [9.17, 15) is 0 Å². The van der Waals surface area contributed by atoms with Crippen molar-refractivity contribution in [3.8, 4) is 0 Å². The predicted octanol–water partition coefficient (Wildman–Crippen LogP) is 5.46. The molecule has 0 heterocycles. The topological polar surface area (TPSA) is 0 Å². The zero-order valence-corrected chi connectivity index (χ0v) is 11.9. The first-order valence-electron chi connectivity index (χ1n) is 7.36. The number of rotatable bonds is 8. The van der Waals surface area contributed by atoms with E-state index in [-0.39, 0.29) is 0 Å². The van der Waals surface area contributed by atoms with E-state index in [4.69, 9.17) is 0 Å². The fourth-order valence-electron chi connectivity index (χ4n) is 2.42. The van der Waals surface area contributed by atoms with Crippen molar-refractivity contribution in [2.24, 2.45) is 0 Å². The number of hydrogen-bond acceptors (Lipinski definition) is 0. The molecule has 0 saturated carbocycles. The summed E-state index contributed by atoms with van der Waals surface area (Å²) >= 11 is 0. The van der Waals surface area contributed by atoms with E-state index in [0.29, 0.717) is 0 Å². The lowest BCUT2D eigenvalue weighted by atomic mass is 9.99. The normalized spacial score (nSPS) is 10.8. The van der Waals surface area contributed by atoms with Gasteiger partial charge in [0.1, 0.15) is 0 Å². The highest BCUT2D eigenvalue weighted by molar-refractivity contribution is 5.31. The maximum Gasteiger partial charge on any atom is -0.0279 e. The molecule has 0 radical (unpaired) electrons. The first-order chi connectivity index (χ1) is 8.27. The van der Waals surface area contributed by atoms with Crippen LogP contribution in [0, 0.1) is 6.92 Å². The summed E-state index contributed by atoms with van der Waals surface area (Å²) in [5.41, 5.74) is 4.49. The van der Waals surface area contributed by atoms with Crippen LogP contribution in [0.2, 0.25) is 0 Å². The molecule has 0 aromatic heterocycles. The van der Waals surface area contributed by atoms with Gasteiger partial charge in [-0.25, -0.2) is 0 Å². The Morgan fingerprint density at radius 2 is 1.59 bits per heavy atom. The Labute approximate surface area is 107 Å². The van der Waals surface area contributed by atoms with Gasteiger partial charge in [-0.05, 0) is 42.9 Å². The number of unbranched alkanes of at least 4 members (excludes halogenated alkanes) is 5. The molecule has 1 aromatic carbocycles. The van der Waals surface area contributed by atoms with Gasteiger partial charge in [-0.3, -0.25) is 0 Å². The minimum absolute atomic E-state index is 1.16. The largest absolute Gasteiger partial charge is 0.0654 e. The molecule has 0 N–H and O–H groups in total. The highest BCUT2D eigenvalue weighted by atomic mass is 14.0. The van der Waals surface area contributed by atoms with Crippen LogP contribution in [0.5, 0.6) is 0 Å². The zero-order chi connectivity index (χ0) is 12.5. The van der Waals surface area contributed by atoms with Gasteiger partial charge in [0.25, 0.3) is 0 Å². The van der Waals surface area contributed by atoms with E-state index in [0.717, 1.165) is 6.42 Å². The molecular weight excluding hydrogens is 204 g/mol. The van der Waals surface area contributed by atoms with E-state index in [1.54, 1.807) is 0 Å². The van der Waals surface area contributed by atoms with Gasteiger partial charge >= 0.3 is 0 Å². The maximum absolute atomic E-state index is 2.38. The average Bonchev–Trinajstić information content (AvgIpc) is 2.34. The molecule has 1 aromatic rings. The van der Waals surface area contributed by atoms with E-state index >= 15 is 0 Å². The Hall–Kier alpha value is -0.780. The van der Waals surface area contributed by atoms with E-state index in [1.807, 2.05) is 0 Å². The first kappa shape index (κ1) is 14.3. The Balaban J connectivity index is 2.25. The third-order valence-corrected chi connectivity index (χ3v) is 3.61. The summed E-state index contributed by atoms with van der Waals surface area (Å²) in [5, 5.41) is 0. The van der Waals surface area contributed by atoms with E-state index in [1.165, 1.54) is 61.6 Å². The summed E-state index contributed by atoms with van der Waals surface area (Å²) < 4.78 is 0. The molecule has 0 aliphatic heterocycles. The van der Waals surface area contributed by atoms with Crippen molar-refractivity contribution in [1.82, 2.24) is 0 Å². The van der Waals surface area contributed by atoms with Crippen LogP contribution in [0.25, 0.3) is 0 Å². The average molecular weight is 232 g/mol. The Kier molecular flexibility index (Phi) is 7.00. The molecule has 0 bridgehead atoms. The van der Waals surface area contributed by atoms with Gasteiger partial charge in [0.2, 0.25) is 0 Å². The smallest absolute Gasteiger partial charge is 0.0279 e. The molecule has 0 aliphatic rings. The predicted molar refractivity (Wildman–Crippen MR) is 77.6 cm³/mol. The summed E-state index contributed by atoms with van der Waals surface area (Å²) in [6, 6.07) is 7.00. The van der Waals surface area contributed by atoms with Crippen molar-refractivity contribution in [3.05, 3.63) is 34.9 Å². The lowest BCUT2D eigenvalue weighted by Gasteiger charge is -2.07. The van der Waals surface area contributed by atoms with Crippen LogP contribution in [0.15, 0.2) is 18.2 Å². The van der Waals surface area contributed by atoms with Crippen molar-refractivity contribution in [2.75, 3.05) is 0 Å². The summed E-state index contributed by atoms with van der Waals surface area (Å²) in [7, 11) is 0. The minimum Gasteiger partial charge on any atom is -0.0654 e. The minimum atomic E-state index is 1.16.